The molecule has 0 amide bonds. The number of ether oxygens (including phenoxy) is 1. The van der Waals surface area contributed by atoms with Gasteiger partial charge in [-0.2, -0.15) is 0 Å². The van der Waals surface area contributed by atoms with Gasteiger partial charge in [0.25, 0.3) is 5.56 Å². The fraction of sp³-hybridized carbons (Fsp3) is 0.500. The summed E-state index contributed by atoms with van der Waals surface area (Å²) in [6.07, 6.45) is -3.33. The van der Waals surface area contributed by atoms with E-state index in [-0.39, 0.29) is 5.75 Å². The van der Waals surface area contributed by atoms with Crippen LogP contribution in [0.4, 0.5) is 0 Å². The Hall–Kier alpha value is -1.41. The van der Waals surface area contributed by atoms with Gasteiger partial charge < -0.3 is 25.2 Å². The summed E-state index contributed by atoms with van der Waals surface area (Å²) >= 11 is 0. The van der Waals surface area contributed by atoms with Crippen molar-refractivity contribution in [2.75, 3.05) is 6.61 Å². The van der Waals surface area contributed by atoms with Crippen LogP contribution in [0.1, 0.15) is 6.23 Å². The number of nitrogens with zero attached hydrogens (tertiary/aromatic N) is 1. The SMILES string of the molecule is O=c1cc(O)ccn1[C@H]1O[C@H](CO)[C@@H](O)[C@@H]1O. The third-order valence-electron chi connectivity index (χ3n) is 2.72. The Morgan fingerprint density at radius 1 is 1.35 bits per heavy atom. The summed E-state index contributed by atoms with van der Waals surface area (Å²) < 4.78 is 6.22. The minimum atomic E-state index is -1.31. The van der Waals surface area contributed by atoms with Crippen molar-refractivity contribution >= 4 is 0 Å². The highest BCUT2D eigenvalue weighted by molar-refractivity contribution is 5.16. The number of aliphatic hydroxyl groups is 3. The van der Waals surface area contributed by atoms with Gasteiger partial charge in [-0.25, -0.2) is 0 Å². The molecule has 4 N–H and O–H groups in total. The maximum Gasteiger partial charge on any atom is 0.256 e. The first-order valence-corrected chi connectivity index (χ1v) is 5.08. The molecule has 0 spiro atoms. The molecule has 0 radical (unpaired) electrons. The van der Waals surface area contributed by atoms with E-state index in [0.717, 1.165) is 10.6 Å². The lowest BCUT2D eigenvalue weighted by Gasteiger charge is -2.17. The Morgan fingerprint density at radius 2 is 2.06 bits per heavy atom. The van der Waals surface area contributed by atoms with Gasteiger partial charge in [-0.1, -0.05) is 0 Å². The molecule has 2 heterocycles. The first kappa shape index (κ1) is 12.1. The van der Waals surface area contributed by atoms with Crippen LogP contribution in [0.5, 0.6) is 5.75 Å². The third kappa shape index (κ3) is 2.05. The highest BCUT2D eigenvalue weighted by Crippen LogP contribution is 2.28. The fourth-order valence-electron chi connectivity index (χ4n) is 1.80. The second-order valence-electron chi connectivity index (χ2n) is 3.86. The molecule has 0 aromatic carbocycles. The van der Waals surface area contributed by atoms with Crippen LogP contribution in [0.3, 0.4) is 0 Å². The van der Waals surface area contributed by atoms with E-state index < -0.39 is 36.7 Å². The molecule has 17 heavy (non-hydrogen) atoms. The second-order valence-corrected chi connectivity index (χ2v) is 3.86. The molecule has 7 nitrogen and oxygen atoms in total. The largest absolute Gasteiger partial charge is 0.508 e. The van der Waals surface area contributed by atoms with E-state index in [1.54, 1.807) is 0 Å². The third-order valence-corrected chi connectivity index (χ3v) is 2.72. The quantitative estimate of drug-likeness (QED) is 0.486. The van der Waals surface area contributed by atoms with Gasteiger partial charge in [0.05, 0.1) is 6.61 Å². The van der Waals surface area contributed by atoms with Crippen LogP contribution >= 0.6 is 0 Å². The molecule has 1 saturated heterocycles. The molecule has 7 heteroatoms. The molecule has 1 aliphatic heterocycles. The van der Waals surface area contributed by atoms with E-state index in [9.17, 15) is 15.0 Å². The summed E-state index contributed by atoms with van der Waals surface area (Å²) in [6.45, 7) is -0.457. The van der Waals surface area contributed by atoms with Crippen molar-refractivity contribution in [2.24, 2.45) is 0 Å². The highest BCUT2D eigenvalue weighted by Gasteiger charge is 2.43. The van der Waals surface area contributed by atoms with Crippen LogP contribution in [0.25, 0.3) is 0 Å². The van der Waals surface area contributed by atoms with Crippen molar-refractivity contribution in [1.82, 2.24) is 4.57 Å². The lowest BCUT2D eigenvalue weighted by molar-refractivity contribution is -0.0544. The number of pyridine rings is 1. The number of rotatable bonds is 2. The minimum Gasteiger partial charge on any atom is -0.508 e. The first-order valence-electron chi connectivity index (χ1n) is 5.08. The van der Waals surface area contributed by atoms with Gasteiger partial charge in [-0.3, -0.25) is 9.36 Å². The van der Waals surface area contributed by atoms with E-state index in [4.69, 9.17) is 14.9 Å². The Bertz CT molecular complexity index is 458. The minimum absolute atomic E-state index is 0.196. The number of aromatic hydroxyl groups is 1. The maximum atomic E-state index is 11.5. The standard InChI is InChI=1S/C10H13NO6/c12-4-6-8(15)9(16)10(17-6)11-2-1-5(13)3-7(11)14/h1-3,6,8-10,12-13,15-16H,4H2/t6-,8-,9+,10+/m1/s1. The van der Waals surface area contributed by atoms with Gasteiger partial charge in [0.2, 0.25) is 0 Å². The van der Waals surface area contributed by atoms with Crippen LogP contribution in [-0.2, 0) is 4.74 Å². The zero-order valence-corrected chi connectivity index (χ0v) is 8.80. The van der Waals surface area contributed by atoms with Crippen LogP contribution in [-0.4, -0.2) is 49.9 Å². The van der Waals surface area contributed by atoms with E-state index in [2.05, 4.69) is 0 Å². The molecule has 1 fully saturated rings. The van der Waals surface area contributed by atoms with Crippen molar-refractivity contribution in [3.8, 4) is 5.75 Å². The number of hydrogen-bond acceptors (Lipinski definition) is 6. The molecule has 1 aromatic rings. The molecule has 1 aliphatic rings. The van der Waals surface area contributed by atoms with Gasteiger partial charge >= 0.3 is 0 Å². The predicted molar refractivity (Wildman–Crippen MR) is 55.4 cm³/mol. The Morgan fingerprint density at radius 3 is 2.59 bits per heavy atom. The van der Waals surface area contributed by atoms with Crippen molar-refractivity contribution in [3.63, 3.8) is 0 Å². The Labute approximate surface area is 96.1 Å². The number of aliphatic hydroxyl groups excluding tert-OH is 3. The lowest BCUT2D eigenvalue weighted by atomic mass is 10.1. The van der Waals surface area contributed by atoms with E-state index in [1.807, 2.05) is 0 Å². The zero-order chi connectivity index (χ0) is 12.6. The highest BCUT2D eigenvalue weighted by atomic mass is 16.6. The first-order chi connectivity index (χ1) is 8.04. The Kier molecular flexibility index (Phi) is 3.16. The van der Waals surface area contributed by atoms with E-state index in [0.29, 0.717) is 0 Å². The van der Waals surface area contributed by atoms with Crippen molar-refractivity contribution in [2.45, 2.75) is 24.5 Å². The molecule has 0 saturated carbocycles. The van der Waals surface area contributed by atoms with Crippen molar-refractivity contribution in [3.05, 3.63) is 28.7 Å². The summed E-state index contributed by atoms with van der Waals surface area (Å²) in [5.74, 6) is -0.196. The molecule has 2 rings (SSSR count). The monoisotopic (exact) mass is 243 g/mol. The average Bonchev–Trinajstić information content (AvgIpc) is 2.57. The van der Waals surface area contributed by atoms with Gasteiger partial charge in [-0.05, 0) is 6.07 Å². The molecule has 94 valence electrons. The molecule has 0 unspecified atom stereocenters. The fourth-order valence-corrected chi connectivity index (χ4v) is 1.80. The normalized spacial score (nSPS) is 32.9. The van der Waals surface area contributed by atoms with Gasteiger partial charge in [0.1, 0.15) is 24.1 Å². The summed E-state index contributed by atoms with van der Waals surface area (Å²) in [4.78, 5) is 11.5. The average molecular weight is 243 g/mol. The number of aromatic nitrogens is 1. The van der Waals surface area contributed by atoms with E-state index >= 15 is 0 Å². The summed E-state index contributed by atoms with van der Waals surface area (Å²) in [5, 5.41) is 37.2. The van der Waals surface area contributed by atoms with E-state index in [1.165, 1.54) is 12.3 Å². The van der Waals surface area contributed by atoms with Crippen LogP contribution in [0.2, 0.25) is 0 Å². The topological polar surface area (TPSA) is 112 Å². The van der Waals surface area contributed by atoms with Crippen molar-refractivity contribution < 1.29 is 25.2 Å². The van der Waals surface area contributed by atoms with Crippen LogP contribution in [0.15, 0.2) is 23.1 Å². The molecule has 0 aliphatic carbocycles. The van der Waals surface area contributed by atoms with Gasteiger partial charge in [0.15, 0.2) is 6.23 Å². The second kappa shape index (κ2) is 4.46. The van der Waals surface area contributed by atoms with Crippen LogP contribution in [0, 0.1) is 0 Å². The maximum absolute atomic E-state index is 11.5. The van der Waals surface area contributed by atoms with Crippen LogP contribution < -0.4 is 5.56 Å². The van der Waals surface area contributed by atoms with Crippen molar-refractivity contribution in [1.29, 1.82) is 0 Å². The Balaban J connectivity index is 2.32. The summed E-state index contributed by atoms with van der Waals surface area (Å²) in [5.41, 5.74) is -0.570. The molecular formula is C10H13NO6. The molecular weight excluding hydrogens is 230 g/mol. The summed E-state index contributed by atoms with van der Waals surface area (Å²) in [7, 11) is 0. The zero-order valence-electron chi connectivity index (χ0n) is 8.80. The number of hydrogen-bond donors (Lipinski definition) is 4. The lowest BCUT2D eigenvalue weighted by Crippen LogP contribution is -2.35. The summed E-state index contributed by atoms with van der Waals surface area (Å²) in [6, 6.07) is 2.23. The van der Waals surface area contributed by atoms with Gasteiger partial charge in [0, 0.05) is 12.3 Å². The molecule has 0 bridgehead atoms. The molecule has 4 atom stereocenters. The predicted octanol–water partition coefficient (Wildman–Crippen LogP) is -1.83. The smallest absolute Gasteiger partial charge is 0.256 e. The molecule has 1 aromatic heterocycles. The van der Waals surface area contributed by atoms with Gasteiger partial charge in [-0.15, -0.1) is 0 Å².